The van der Waals surface area contributed by atoms with Crippen LogP contribution >= 0.6 is 0 Å². The number of hydrogen-bond acceptors (Lipinski definition) is 3. The van der Waals surface area contributed by atoms with Gasteiger partial charge in [-0.3, -0.25) is 4.68 Å². The molecule has 0 spiro atoms. The van der Waals surface area contributed by atoms with Crippen LogP contribution in [0.4, 0.5) is 0 Å². The Morgan fingerprint density at radius 2 is 2.26 bits per heavy atom. The number of nitrogens with one attached hydrogen (secondary N) is 1. The van der Waals surface area contributed by atoms with E-state index in [1.807, 2.05) is 0 Å². The third-order valence-electron chi connectivity index (χ3n) is 4.07. The van der Waals surface area contributed by atoms with Crippen molar-refractivity contribution in [3.63, 3.8) is 0 Å². The van der Waals surface area contributed by atoms with Gasteiger partial charge in [-0.2, -0.15) is 5.10 Å². The van der Waals surface area contributed by atoms with Crippen LogP contribution in [0.2, 0.25) is 0 Å². The topological polar surface area (TPSA) is 50.1 Å². The Hall–Kier alpha value is -0.870. The van der Waals surface area contributed by atoms with E-state index in [1.54, 1.807) is 0 Å². The molecule has 0 aliphatic heterocycles. The number of rotatable bonds is 6. The molecule has 0 bridgehead atoms. The highest BCUT2D eigenvalue weighted by Gasteiger charge is 2.19. The number of aryl methyl sites for hydroxylation is 2. The van der Waals surface area contributed by atoms with Gasteiger partial charge in [0.05, 0.1) is 17.5 Å². The van der Waals surface area contributed by atoms with Crippen LogP contribution in [0.15, 0.2) is 6.07 Å². The summed E-state index contributed by atoms with van der Waals surface area (Å²) < 4.78 is 2.08. The van der Waals surface area contributed by atoms with E-state index in [0.717, 1.165) is 38.9 Å². The summed E-state index contributed by atoms with van der Waals surface area (Å²) in [7, 11) is 0. The van der Waals surface area contributed by atoms with E-state index in [1.165, 1.54) is 24.2 Å². The normalized spacial score (nSPS) is 23.7. The molecular formula is C15H27N3O. The van der Waals surface area contributed by atoms with Crippen molar-refractivity contribution in [1.29, 1.82) is 0 Å². The Labute approximate surface area is 116 Å². The summed E-state index contributed by atoms with van der Waals surface area (Å²) in [5.74, 6) is 0.632. The van der Waals surface area contributed by atoms with Crippen LogP contribution in [0.25, 0.3) is 0 Å². The van der Waals surface area contributed by atoms with Gasteiger partial charge in [0.15, 0.2) is 0 Å². The third kappa shape index (κ3) is 4.05. The monoisotopic (exact) mass is 265 g/mol. The summed E-state index contributed by atoms with van der Waals surface area (Å²) in [5.41, 5.74) is 2.45. The fourth-order valence-electron chi connectivity index (χ4n) is 2.96. The maximum atomic E-state index is 9.67. The molecule has 4 nitrogen and oxygen atoms in total. The van der Waals surface area contributed by atoms with Crippen molar-refractivity contribution in [2.45, 2.75) is 65.1 Å². The predicted octanol–water partition coefficient (Wildman–Crippen LogP) is 2.11. The van der Waals surface area contributed by atoms with E-state index in [0.29, 0.717) is 5.92 Å². The van der Waals surface area contributed by atoms with E-state index < -0.39 is 0 Å². The Bertz CT molecular complexity index is 389. The second kappa shape index (κ2) is 7.06. The highest BCUT2D eigenvalue weighted by Crippen LogP contribution is 2.23. The zero-order valence-corrected chi connectivity index (χ0v) is 12.2. The molecule has 1 aliphatic carbocycles. The summed E-state index contributed by atoms with van der Waals surface area (Å²) in [6.45, 7) is 7.09. The first-order chi connectivity index (χ1) is 9.22. The molecule has 0 radical (unpaired) electrons. The number of aliphatic hydroxyl groups is 1. The van der Waals surface area contributed by atoms with E-state index in [9.17, 15) is 5.11 Å². The molecule has 2 N–H and O–H groups in total. The largest absolute Gasteiger partial charge is 0.393 e. The van der Waals surface area contributed by atoms with Crippen molar-refractivity contribution >= 4 is 0 Å². The molecule has 0 amide bonds. The molecule has 1 aromatic rings. The second-order valence-corrected chi connectivity index (χ2v) is 5.61. The van der Waals surface area contributed by atoms with Gasteiger partial charge in [-0.05, 0) is 51.1 Å². The minimum absolute atomic E-state index is 0.0755. The van der Waals surface area contributed by atoms with Crippen LogP contribution in [0, 0.1) is 5.92 Å². The van der Waals surface area contributed by atoms with Crippen LogP contribution in [-0.4, -0.2) is 27.5 Å². The standard InChI is InChI=1S/C15H27N3O/c1-3-13-9-14(18(4-2)17-13)11-16-10-12-6-5-7-15(19)8-12/h9,12,15-16,19H,3-8,10-11H2,1-2H3. The molecule has 1 aromatic heterocycles. The quantitative estimate of drug-likeness (QED) is 0.828. The highest BCUT2D eigenvalue weighted by molar-refractivity contribution is 5.10. The average Bonchev–Trinajstić information content (AvgIpc) is 2.81. The summed E-state index contributed by atoms with van der Waals surface area (Å²) in [6, 6.07) is 2.20. The molecule has 1 fully saturated rings. The molecular weight excluding hydrogens is 238 g/mol. The highest BCUT2D eigenvalue weighted by atomic mass is 16.3. The first-order valence-electron chi connectivity index (χ1n) is 7.67. The van der Waals surface area contributed by atoms with Crippen LogP contribution in [0.5, 0.6) is 0 Å². The molecule has 108 valence electrons. The molecule has 0 saturated heterocycles. The van der Waals surface area contributed by atoms with E-state index in [2.05, 4.69) is 35.0 Å². The molecule has 2 unspecified atom stereocenters. The summed E-state index contributed by atoms with van der Waals surface area (Å²) in [4.78, 5) is 0. The van der Waals surface area contributed by atoms with Crippen molar-refractivity contribution < 1.29 is 5.11 Å². The maximum absolute atomic E-state index is 9.67. The van der Waals surface area contributed by atoms with E-state index in [-0.39, 0.29) is 6.10 Å². The van der Waals surface area contributed by atoms with Gasteiger partial charge < -0.3 is 10.4 Å². The lowest BCUT2D eigenvalue weighted by atomic mass is 9.87. The van der Waals surface area contributed by atoms with Crippen LogP contribution < -0.4 is 5.32 Å². The fraction of sp³-hybridized carbons (Fsp3) is 0.800. The SMILES string of the molecule is CCc1cc(CNCC2CCCC(O)C2)n(CC)n1. The van der Waals surface area contributed by atoms with Crippen molar-refractivity contribution in [1.82, 2.24) is 15.1 Å². The molecule has 1 aliphatic rings. The first-order valence-corrected chi connectivity index (χ1v) is 7.67. The molecule has 1 saturated carbocycles. The van der Waals surface area contributed by atoms with Gasteiger partial charge >= 0.3 is 0 Å². The summed E-state index contributed by atoms with van der Waals surface area (Å²) in [5, 5.41) is 17.8. The molecule has 1 heterocycles. The smallest absolute Gasteiger partial charge is 0.0625 e. The lowest BCUT2D eigenvalue weighted by molar-refractivity contribution is 0.100. The Kier molecular flexibility index (Phi) is 5.40. The van der Waals surface area contributed by atoms with Crippen LogP contribution in [0.1, 0.15) is 50.9 Å². The fourth-order valence-corrected chi connectivity index (χ4v) is 2.96. The van der Waals surface area contributed by atoms with Gasteiger partial charge in [0.1, 0.15) is 0 Å². The minimum atomic E-state index is -0.0755. The van der Waals surface area contributed by atoms with Gasteiger partial charge in [-0.15, -0.1) is 0 Å². The number of aromatic nitrogens is 2. The van der Waals surface area contributed by atoms with Gasteiger partial charge in [0, 0.05) is 13.1 Å². The van der Waals surface area contributed by atoms with Gasteiger partial charge in [0.2, 0.25) is 0 Å². The zero-order chi connectivity index (χ0) is 13.7. The molecule has 4 heteroatoms. The Balaban J connectivity index is 1.80. The number of hydrogen-bond donors (Lipinski definition) is 2. The Morgan fingerprint density at radius 3 is 2.95 bits per heavy atom. The zero-order valence-electron chi connectivity index (χ0n) is 12.2. The van der Waals surface area contributed by atoms with Crippen molar-refractivity contribution in [2.24, 2.45) is 5.92 Å². The van der Waals surface area contributed by atoms with E-state index in [4.69, 9.17) is 0 Å². The first kappa shape index (κ1) is 14.5. The van der Waals surface area contributed by atoms with Crippen LogP contribution in [-0.2, 0) is 19.5 Å². The summed E-state index contributed by atoms with van der Waals surface area (Å²) in [6.07, 6.45) is 5.28. The van der Waals surface area contributed by atoms with E-state index >= 15 is 0 Å². The lowest BCUT2D eigenvalue weighted by Crippen LogP contribution is -2.29. The predicted molar refractivity (Wildman–Crippen MR) is 77.0 cm³/mol. The average molecular weight is 265 g/mol. The van der Waals surface area contributed by atoms with Crippen molar-refractivity contribution in [2.75, 3.05) is 6.54 Å². The van der Waals surface area contributed by atoms with Crippen molar-refractivity contribution in [3.8, 4) is 0 Å². The third-order valence-corrected chi connectivity index (χ3v) is 4.07. The molecule has 2 rings (SSSR count). The minimum Gasteiger partial charge on any atom is -0.393 e. The lowest BCUT2D eigenvalue weighted by Gasteiger charge is -2.26. The second-order valence-electron chi connectivity index (χ2n) is 5.61. The Morgan fingerprint density at radius 1 is 1.42 bits per heavy atom. The molecule has 0 aromatic carbocycles. The van der Waals surface area contributed by atoms with Crippen LogP contribution in [0.3, 0.4) is 0 Å². The summed E-state index contributed by atoms with van der Waals surface area (Å²) >= 11 is 0. The molecule has 2 atom stereocenters. The molecule has 19 heavy (non-hydrogen) atoms. The number of nitrogens with zero attached hydrogens (tertiary/aromatic N) is 2. The maximum Gasteiger partial charge on any atom is 0.0625 e. The van der Waals surface area contributed by atoms with Gasteiger partial charge in [-0.25, -0.2) is 0 Å². The van der Waals surface area contributed by atoms with Gasteiger partial charge in [-0.1, -0.05) is 13.3 Å². The van der Waals surface area contributed by atoms with Crippen molar-refractivity contribution in [3.05, 3.63) is 17.5 Å². The van der Waals surface area contributed by atoms with Gasteiger partial charge in [0.25, 0.3) is 0 Å². The number of aliphatic hydroxyl groups excluding tert-OH is 1.